The number of furan rings is 1. The third-order valence-corrected chi connectivity index (χ3v) is 4.06. The molecule has 2 aromatic rings. The second-order valence-electron chi connectivity index (χ2n) is 5.70. The third-order valence-electron chi connectivity index (χ3n) is 4.06. The Hall–Kier alpha value is -2.34. The lowest BCUT2D eigenvalue weighted by Gasteiger charge is -2.15. The van der Waals surface area contributed by atoms with Crippen molar-refractivity contribution in [3.8, 4) is 0 Å². The first-order valence-electron chi connectivity index (χ1n) is 7.69. The molecule has 1 N–H and O–H groups in total. The lowest BCUT2D eigenvalue weighted by molar-refractivity contribution is -0.129. The van der Waals surface area contributed by atoms with E-state index in [4.69, 9.17) is 9.15 Å². The van der Waals surface area contributed by atoms with E-state index in [2.05, 4.69) is 5.32 Å². The van der Waals surface area contributed by atoms with E-state index in [1.54, 1.807) is 12.0 Å². The lowest BCUT2D eigenvalue weighted by Crippen LogP contribution is -2.33. The van der Waals surface area contributed by atoms with Crippen molar-refractivity contribution in [2.45, 2.75) is 13.0 Å². The van der Waals surface area contributed by atoms with Crippen LogP contribution in [0.1, 0.15) is 12.2 Å². The van der Waals surface area contributed by atoms with Crippen LogP contribution in [-0.2, 0) is 20.9 Å². The van der Waals surface area contributed by atoms with Gasteiger partial charge in [0.15, 0.2) is 0 Å². The number of ether oxygens (including phenoxy) is 1. The second kappa shape index (κ2) is 6.83. The Morgan fingerprint density at radius 2 is 2.26 bits per heavy atom. The number of carbonyl (C=O) groups is 2. The Bertz CT molecular complexity index is 676. The van der Waals surface area contributed by atoms with Crippen molar-refractivity contribution >= 4 is 22.8 Å². The predicted octanol–water partition coefficient (Wildman–Crippen LogP) is 1.54. The molecule has 3 rings (SSSR count). The van der Waals surface area contributed by atoms with Gasteiger partial charge in [0.1, 0.15) is 11.3 Å². The van der Waals surface area contributed by atoms with Gasteiger partial charge in [-0.25, -0.2) is 0 Å². The van der Waals surface area contributed by atoms with Crippen LogP contribution in [0.25, 0.3) is 11.0 Å². The van der Waals surface area contributed by atoms with E-state index in [0.717, 1.165) is 11.0 Å². The number of rotatable bonds is 6. The minimum Gasteiger partial charge on any atom is -0.459 e. The van der Waals surface area contributed by atoms with E-state index in [1.807, 2.05) is 30.3 Å². The monoisotopic (exact) mass is 316 g/mol. The topological polar surface area (TPSA) is 71.8 Å². The molecule has 0 saturated carbocycles. The number of benzene rings is 1. The summed E-state index contributed by atoms with van der Waals surface area (Å²) in [6.07, 6.45) is 0.260. The van der Waals surface area contributed by atoms with Gasteiger partial charge in [0.25, 0.3) is 0 Å². The van der Waals surface area contributed by atoms with E-state index < -0.39 is 0 Å². The summed E-state index contributed by atoms with van der Waals surface area (Å²) in [4.78, 5) is 25.8. The van der Waals surface area contributed by atoms with Gasteiger partial charge in [-0.2, -0.15) is 0 Å². The zero-order valence-corrected chi connectivity index (χ0v) is 13.1. The van der Waals surface area contributed by atoms with Gasteiger partial charge in [-0.1, -0.05) is 18.2 Å². The molecule has 2 amide bonds. The maximum absolute atomic E-state index is 12.2. The highest BCUT2D eigenvalue weighted by Crippen LogP contribution is 2.20. The molecule has 1 unspecified atom stereocenters. The van der Waals surface area contributed by atoms with Gasteiger partial charge in [0, 0.05) is 32.0 Å². The van der Waals surface area contributed by atoms with Gasteiger partial charge >= 0.3 is 0 Å². The third kappa shape index (κ3) is 3.53. The molecule has 1 fully saturated rings. The summed E-state index contributed by atoms with van der Waals surface area (Å²) in [5.41, 5.74) is 0.804. The maximum Gasteiger partial charge on any atom is 0.225 e. The molecule has 1 atom stereocenters. The normalized spacial score (nSPS) is 17.9. The SMILES string of the molecule is COCCN1CC(C(=O)NCc2cc3ccccc3o2)CC1=O. The van der Waals surface area contributed by atoms with Crippen molar-refractivity contribution in [1.29, 1.82) is 0 Å². The number of likely N-dealkylation sites (tertiary alicyclic amines) is 1. The average Bonchev–Trinajstić information content (AvgIpc) is 3.13. The first-order valence-corrected chi connectivity index (χ1v) is 7.69. The number of para-hydroxylation sites is 1. The molecular weight excluding hydrogens is 296 g/mol. The molecule has 1 aliphatic heterocycles. The van der Waals surface area contributed by atoms with Crippen LogP contribution in [0, 0.1) is 5.92 Å². The minimum atomic E-state index is -0.302. The highest BCUT2D eigenvalue weighted by atomic mass is 16.5. The zero-order chi connectivity index (χ0) is 16.2. The van der Waals surface area contributed by atoms with Crippen LogP contribution in [-0.4, -0.2) is 43.5 Å². The van der Waals surface area contributed by atoms with Crippen LogP contribution in [0.5, 0.6) is 0 Å². The van der Waals surface area contributed by atoms with Crippen molar-refractivity contribution in [3.05, 3.63) is 36.1 Å². The lowest BCUT2D eigenvalue weighted by atomic mass is 10.1. The molecule has 6 heteroatoms. The number of nitrogens with one attached hydrogen (secondary N) is 1. The summed E-state index contributed by atoms with van der Waals surface area (Å²) >= 11 is 0. The van der Waals surface area contributed by atoms with E-state index in [1.165, 1.54) is 0 Å². The van der Waals surface area contributed by atoms with Gasteiger partial charge in [0.05, 0.1) is 19.1 Å². The molecule has 6 nitrogen and oxygen atoms in total. The van der Waals surface area contributed by atoms with Gasteiger partial charge < -0.3 is 19.4 Å². The Kier molecular flexibility index (Phi) is 4.62. The van der Waals surface area contributed by atoms with Crippen molar-refractivity contribution < 1.29 is 18.7 Å². The Morgan fingerprint density at radius 1 is 1.43 bits per heavy atom. The van der Waals surface area contributed by atoms with Crippen LogP contribution in [0.15, 0.2) is 34.7 Å². The van der Waals surface area contributed by atoms with E-state index in [0.29, 0.717) is 32.0 Å². The molecule has 0 spiro atoms. The van der Waals surface area contributed by atoms with E-state index in [-0.39, 0.29) is 24.2 Å². The first kappa shape index (κ1) is 15.6. The summed E-state index contributed by atoms with van der Waals surface area (Å²) in [6, 6.07) is 9.63. The number of fused-ring (bicyclic) bond motifs is 1. The largest absolute Gasteiger partial charge is 0.459 e. The summed E-state index contributed by atoms with van der Waals surface area (Å²) in [5, 5.41) is 3.87. The van der Waals surface area contributed by atoms with Gasteiger partial charge in [-0.3, -0.25) is 9.59 Å². The van der Waals surface area contributed by atoms with Gasteiger partial charge in [-0.05, 0) is 12.1 Å². The molecule has 1 aromatic heterocycles. The quantitative estimate of drug-likeness (QED) is 0.877. The molecule has 0 aliphatic carbocycles. The van der Waals surface area contributed by atoms with Crippen molar-refractivity contribution in [1.82, 2.24) is 10.2 Å². The molecule has 1 saturated heterocycles. The minimum absolute atomic E-state index is 0.00550. The van der Waals surface area contributed by atoms with Crippen LogP contribution in [0.3, 0.4) is 0 Å². The fourth-order valence-electron chi connectivity index (χ4n) is 2.81. The molecule has 1 aromatic carbocycles. The summed E-state index contributed by atoms with van der Waals surface area (Å²) < 4.78 is 10.6. The Balaban J connectivity index is 1.54. The Morgan fingerprint density at radius 3 is 3.04 bits per heavy atom. The van der Waals surface area contributed by atoms with Gasteiger partial charge in [-0.15, -0.1) is 0 Å². The molecule has 1 aliphatic rings. The number of hydrogen-bond donors (Lipinski definition) is 1. The molecule has 0 bridgehead atoms. The van der Waals surface area contributed by atoms with Gasteiger partial charge in [0.2, 0.25) is 11.8 Å². The molecule has 23 heavy (non-hydrogen) atoms. The molecule has 0 radical (unpaired) electrons. The number of nitrogens with zero attached hydrogens (tertiary/aromatic N) is 1. The first-order chi connectivity index (χ1) is 11.2. The highest BCUT2D eigenvalue weighted by molar-refractivity contribution is 5.89. The Labute approximate surface area is 134 Å². The number of carbonyl (C=O) groups excluding carboxylic acids is 2. The standard InChI is InChI=1S/C17H20N2O4/c1-22-7-6-19-11-13(9-16(19)20)17(21)18-10-14-8-12-4-2-3-5-15(12)23-14/h2-5,8,13H,6-7,9-11H2,1H3,(H,18,21). The number of amides is 2. The molecule has 122 valence electrons. The van der Waals surface area contributed by atoms with Crippen LogP contribution in [0.2, 0.25) is 0 Å². The van der Waals surface area contributed by atoms with Crippen LogP contribution >= 0.6 is 0 Å². The second-order valence-corrected chi connectivity index (χ2v) is 5.70. The predicted molar refractivity (Wildman–Crippen MR) is 84.6 cm³/mol. The average molecular weight is 316 g/mol. The summed E-state index contributed by atoms with van der Waals surface area (Å²) in [7, 11) is 1.60. The van der Waals surface area contributed by atoms with Crippen molar-refractivity contribution in [2.24, 2.45) is 5.92 Å². The number of methoxy groups -OCH3 is 1. The van der Waals surface area contributed by atoms with Crippen molar-refractivity contribution in [3.63, 3.8) is 0 Å². The van der Waals surface area contributed by atoms with E-state index >= 15 is 0 Å². The van der Waals surface area contributed by atoms with Crippen molar-refractivity contribution in [2.75, 3.05) is 26.8 Å². The summed E-state index contributed by atoms with van der Waals surface area (Å²) in [6.45, 7) is 1.80. The molecule has 2 heterocycles. The maximum atomic E-state index is 12.2. The highest BCUT2D eigenvalue weighted by Gasteiger charge is 2.33. The van der Waals surface area contributed by atoms with E-state index in [9.17, 15) is 9.59 Å². The van der Waals surface area contributed by atoms with Crippen LogP contribution < -0.4 is 5.32 Å². The molecular formula is C17H20N2O4. The fourth-order valence-corrected chi connectivity index (χ4v) is 2.81. The summed E-state index contributed by atoms with van der Waals surface area (Å²) in [5.74, 6) is 0.300. The van der Waals surface area contributed by atoms with Crippen LogP contribution in [0.4, 0.5) is 0 Å². The number of hydrogen-bond acceptors (Lipinski definition) is 4. The zero-order valence-electron chi connectivity index (χ0n) is 13.1. The smallest absolute Gasteiger partial charge is 0.225 e. The fraction of sp³-hybridized carbons (Fsp3) is 0.412.